The summed E-state index contributed by atoms with van der Waals surface area (Å²) in [5, 5.41) is 15.4. The second-order valence-corrected chi connectivity index (χ2v) is 32.0. The lowest BCUT2D eigenvalue weighted by Crippen LogP contribution is -2.52. The number of allylic oxidation sites excluding steroid dienone is 3. The van der Waals surface area contributed by atoms with Gasteiger partial charge in [-0.3, -0.25) is 15.3 Å². The third-order valence-electron chi connectivity index (χ3n) is 25.7. The number of benzene rings is 15. The van der Waals surface area contributed by atoms with Crippen LogP contribution in [0.5, 0.6) is 23.0 Å². The van der Waals surface area contributed by atoms with Crippen LogP contribution in [0.1, 0.15) is 115 Å². The molecular formula is C108H74N8O2. The SMILES string of the molecule is C1=CC(c2ccc3c(c2)Oc2ccccc2C32c3ccc(C4=NC(c5ccc(-c6ccccc6)cc5)=NC(c5ccccc5)N4)cc3-c3cc(-c4cccc5c4N=CCC5)ccc32)CC(C2NC(c3ccc4c(c3)-c3cc(-c5cccc6cccnc56)ccc3C43c4ccccc4Oc4ccccc43)=NC(c3cccc4ccccc34)N2)=C1. The summed E-state index contributed by atoms with van der Waals surface area (Å²) >= 11 is 0. The molecular weight excluding hydrogens is 1440 g/mol. The lowest BCUT2D eigenvalue weighted by Gasteiger charge is -2.40. The molecule has 5 unspecified atom stereocenters. The predicted molar refractivity (Wildman–Crippen MR) is 475 cm³/mol. The summed E-state index contributed by atoms with van der Waals surface area (Å²) in [4.78, 5) is 26.6. The van der Waals surface area contributed by atoms with Gasteiger partial charge in [-0.05, 0) is 179 Å². The molecule has 558 valence electrons. The normalized spacial score (nSPS) is 18.9. The summed E-state index contributed by atoms with van der Waals surface area (Å²) in [6.07, 6.45) is 12.4. The van der Waals surface area contributed by atoms with Gasteiger partial charge >= 0.3 is 0 Å². The number of hydrogen-bond acceptors (Lipinski definition) is 10. The zero-order valence-corrected chi connectivity index (χ0v) is 64.2. The van der Waals surface area contributed by atoms with Gasteiger partial charge in [-0.1, -0.05) is 303 Å². The number of aliphatic imine (C=N–C) groups is 4. The van der Waals surface area contributed by atoms with Crippen molar-refractivity contribution in [3.63, 3.8) is 0 Å². The molecule has 5 aliphatic heterocycles. The van der Waals surface area contributed by atoms with Crippen LogP contribution >= 0.6 is 0 Å². The summed E-state index contributed by atoms with van der Waals surface area (Å²) in [5.41, 5.74) is 29.7. The van der Waals surface area contributed by atoms with Gasteiger partial charge in [-0.25, -0.2) is 15.0 Å². The number of nitrogens with zero attached hydrogens (tertiary/aromatic N) is 5. The van der Waals surface area contributed by atoms with E-state index in [1.54, 1.807) is 0 Å². The topological polar surface area (TPSA) is 117 Å². The molecule has 118 heavy (non-hydrogen) atoms. The molecule has 10 heteroatoms. The van der Waals surface area contributed by atoms with Crippen molar-refractivity contribution in [3.05, 3.63) is 453 Å². The van der Waals surface area contributed by atoms with Crippen LogP contribution in [0, 0.1) is 0 Å². The van der Waals surface area contributed by atoms with E-state index in [4.69, 9.17) is 34.4 Å². The molecule has 3 aliphatic carbocycles. The maximum absolute atomic E-state index is 7.37. The molecule has 16 aromatic rings. The lowest BCUT2D eigenvalue weighted by atomic mass is 9.65. The van der Waals surface area contributed by atoms with Gasteiger partial charge in [0.25, 0.3) is 0 Å². The van der Waals surface area contributed by atoms with Crippen LogP contribution in [-0.4, -0.2) is 34.9 Å². The van der Waals surface area contributed by atoms with Crippen molar-refractivity contribution in [3.8, 4) is 78.6 Å². The van der Waals surface area contributed by atoms with E-state index < -0.39 is 17.0 Å². The second kappa shape index (κ2) is 27.0. The van der Waals surface area contributed by atoms with E-state index in [9.17, 15) is 0 Å². The highest BCUT2D eigenvalue weighted by Gasteiger charge is 2.54. The molecule has 10 nitrogen and oxygen atoms in total. The molecule has 8 aliphatic rings. The van der Waals surface area contributed by atoms with Gasteiger partial charge in [0, 0.05) is 73.8 Å². The van der Waals surface area contributed by atoms with Crippen LogP contribution in [0.25, 0.3) is 77.3 Å². The Balaban J connectivity index is 0.614. The number of nitrogens with one attached hydrogen (secondary N) is 3. The number of rotatable bonds is 10. The quantitative estimate of drug-likeness (QED) is 0.126. The number of fused-ring (bicyclic) bond motifs is 21. The predicted octanol–water partition coefficient (Wildman–Crippen LogP) is 24.1. The van der Waals surface area contributed by atoms with Crippen LogP contribution in [-0.2, 0) is 17.3 Å². The average Bonchev–Trinajstić information content (AvgIpc) is 1.50. The minimum absolute atomic E-state index is 0.0144. The Morgan fingerprint density at radius 2 is 0.915 bits per heavy atom. The molecule has 1 aromatic heterocycles. The zero-order valence-electron chi connectivity index (χ0n) is 64.2. The number of para-hydroxylation sites is 5. The summed E-state index contributed by atoms with van der Waals surface area (Å²) < 4.78 is 14.2. The highest BCUT2D eigenvalue weighted by Crippen LogP contribution is 2.65. The van der Waals surface area contributed by atoms with Crippen LogP contribution in [0.2, 0.25) is 0 Å². The van der Waals surface area contributed by atoms with Crippen molar-refractivity contribution < 1.29 is 9.47 Å². The number of pyridine rings is 1. The van der Waals surface area contributed by atoms with Gasteiger partial charge in [0.15, 0.2) is 5.84 Å². The molecule has 2 spiro atoms. The summed E-state index contributed by atoms with van der Waals surface area (Å²) in [6.45, 7) is 0. The summed E-state index contributed by atoms with van der Waals surface area (Å²) in [7, 11) is 0. The van der Waals surface area contributed by atoms with E-state index in [0.717, 1.165) is 193 Å². The largest absolute Gasteiger partial charge is 0.457 e. The Morgan fingerprint density at radius 3 is 1.64 bits per heavy atom. The summed E-state index contributed by atoms with van der Waals surface area (Å²) in [5.74, 6) is 5.56. The molecule has 6 heterocycles. The van der Waals surface area contributed by atoms with Crippen LogP contribution in [0.15, 0.2) is 390 Å². The fourth-order valence-electron chi connectivity index (χ4n) is 20.3. The Hall–Kier alpha value is -14.7. The van der Waals surface area contributed by atoms with E-state index >= 15 is 0 Å². The number of aryl methyl sites for hydroxylation is 1. The Labute approximate surface area is 683 Å². The Kier molecular flexibility index (Phi) is 15.5. The van der Waals surface area contributed by atoms with Gasteiger partial charge < -0.3 is 20.1 Å². The smallest absolute Gasteiger partial charge is 0.159 e. The first-order valence-corrected chi connectivity index (χ1v) is 40.9. The van der Waals surface area contributed by atoms with Crippen molar-refractivity contribution >= 4 is 51.1 Å². The summed E-state index contributed by atoms with van der Waals surface area (Å²) in [6, 6.07) is 123. The third-order valence-corrected chi connectivity index (χ3v) is 25.7. The standard InChI is InChI=1S/C108H74N8O2/c1-3-21-65(22-4-1)66-43-45-71(46-44-66)102-111-101(70-24-5-2-6-25-70)112-104(113-102)77-50-55-90-86(62-77)84-61-75(81-35-18-28-69-32-20-58-110-100(69)81)49-53-88(84)108(90)93-39-11-14-42-97(93)118-98-64-73(47-56-94(98)108)72-29-15-30-76(59-72)103-114-105(116-106(115-103)82-36-16-26-67-23-7-8-33-79(67)82)78-51-54-89-85(63-78)83-60-74(80-34-17-27-68-31-19-57-109-99(68)80)48-52-87(83)107(89)91-37-9-12-40-95(91)117-96-41-13-10-38-92(96)107/h1-19,21-31,33-58,60-64,72,101,103,106,115H,20,32,59H2,(H,114,116)(H,111,112,113). The molecule has 0 bridgehead atoms. The Bertz CT molecular complexity index is 7060. The number of aromatic nitrogens is 1. The number of amidine groups is 3. The monoisotopic (exact) mass is 1510 g/mol. The molecule has 0 fully saturated rings. The van der Waals surface area contributed by atoms with Crippen LogP contribution in [0.4, 0.5) is 5.69 Å². The van der Waals surface area contributed by atoms with Gasteiger partial charge in [-0.2, -0.15) is 0 Å². The maximum atomic E-state index is 7.37. The van der Waals surface area contributed by atoms with E-state index in [-0.39, 0.29) is 18.2 Å². The molecule has 0 saturated heterocycles. The van der Waals surface area contributed by atoms with Crippen LogP contribution < -0.4 is 25.4 Å². The number of hydrogen-bond donors (Lipinski definition) is 3. The van der Waals surface area contributed by atoms with Gasteiger partial charge in [0.1, 0.15) is 53.2 Å². The van der Waals surface area contributed by atoms with E-state index in [1.165, 1.54) is 33.4 Å². The highest BCUT2D eigenvalue weighted by molar-refractivity contribution is 6.14. The average molecular weight is 1520 g/mol. The third kappa shape index (κ3) is 10.6. The molecule has 15 aromatic carbocycles. The molecule has 24 rings (SSSR count). The molecule has 0 radical (unpaired) electrons. The van der Waals surface area contributed by atoms with E-state index in [1.807, 2.05) is 12.3 Å². The van der Waals surface area contributed by atoms with Gasteiger partial charge in [0.2, 0.25) is 0 Å². The van der Waals surface area contributed by atoms with Crippen LogP contribution in [0.3, 0.4) is 0 Å². The molecule has 5 atom stereocenters. The fourth-order valence-corrected chi connectivity index (χ4v) is 20.3. The maximum Gasteiger partial charge on any atom is 0.159 e. The molecule has 3 N–H and O–H groups in total. The highest BCUT2D eigenvalue weighted by atomic mass is 16.5. The van der Waals surface area contributed by atoms with Crippen molar-refractivity contribution in [2.45, 2.75) is 54.5 Å². The first-order valence-electron chi connectivity index (χ1n) is 40.9. The minimum atomic E-state index is -0.785. The molecule has 0 amide bonds. The van der Waals surface area contributed by atoms with Gasteiger partial charge in [0.05, 0.1) is 22.0 Å². The number of ether oxygens (including phenoxy) is 2. The lowest BCUT2D eigenvalue weighted by molar-refractivity contribution is 0.426. The van der Waals surface area contributed by atoms with Crippen molar-refractivity contribution in [2.24, 2.45) is 20.0 Å². The second-order valence-electron chi connectivity index (χ2n) is 32.0. The first-order chi connectivity index (χ1) is 58.4. The fraction of sp³-hybridized carbons (Fsp3) is 0.0833. The van der Waals surface area contributed by atoms with Gasteiger partial charge in [-0.15, -0.1) is 0 Å². The minimum Gasteiger partial charge on any atom is -0.457 e. The zero-order chi connectivity index (χ0) is 77.6. The van der Waals surface area contributed by atoms with E-state index in [2.05, 4.69) is 374 Å². The van der Waals surface area contributed by atoms with Crippen molar-refractivity contribution in [2.75, 3.05) is 0 Å². The molecule has 0 saturated carbocycles. The van der Waals surface area contributed by atoms with Crippen molar-refractivity contribution in [1.82, 2.24) is 20.9 Å². The van der Waals surface area contributed by atoms with Crippen molar-refractivity contribution in [1.29, 1.82) is 0 Å². The van der Waals surface area contributed by atoms with E-state index in [0.29, 0.717) is 5.84 Å². The Morgan fingerprint density at radius 1 is 0.373 bits per heavy atom. The first kappa shape index (κ1) is 67.8.